The number of halogens is 1. The number of ether oxygens (including phenoxy) is 2. The van der Waals surface area contributed by atoms with Gasteiger partial charge in [0.15, 0.2) is 5.76 Å². The highest BCUT2D eigenvalue weighted by Gasteiger charge is 2.31. The van der Waals surface area contributed by atoms with Crippen LogP contribution in [0.4, 0.5) is 4.39 Å². The van der Waals surface area contributed by atoms with E-state index in [2.05, 4.69) is 0 Å². The van der Waals surface area contributed by atoms with E-state index in [1.165, 1.54) is 18.6 Å². The van der Waals surface area contributed by atoms with E-state index in [1.807, 2.05) is 0 Å². The van der Waals surface area contributed by atoms with E-state index in [4.69, 9.17) is 9.47 Å². The first-order valence-corrected chi connectivity index (χ1v) is 9.57. The van der Waals surface area contributed by atoms with Crippen molar-refractivity contribution in [3.8, 4) is 11.5 Å². The molecule has 1 aliphatic carbocycles. The topological polar surface area (TPSA) is 52.6 Å². The quantitative estimate of drug-likeness (QED) is 0.415. The Hall–Kier alpha value is -2.95. The molecule has 1 aliphatic heterocycles. The molecule has 0 atom stereocenters. The van der Waals surface area contributed by atoms with Crippen LogP contribution in [0.3, 0.4) is 0 Å². The molecule has 4 nitrogen and oxygen atoms in total. The first-order chi connectivity index (χ1) is 13.5. The molecule has 4 rings (SSSR count). The minimum Gasteiger partial charge on any atom is -0.452 e. The van der Waals surface area contributed by atoms with Crippen LogP contribution in [0.2, 0.25) is 0 Å². The highest BCUT2D eigenvalue weighted by atomic mass is 19.1. The van der Waals surface area contributed by atoms with Crippen molar-refractivity contribution < 1.29 is 23.5 Å². The highest BCUT2D eigenvalue weighted by Crippen LogP contribution is 2.38. The molecule has 0 spiro atoms. The van der Waals surface area contributed by atoms with Gasteiger partial charge in [0.05, 0.1) is 11.5 Å². The Labute approximate surface area is 163 Å². The molecule has 5 heteroatoms. The van der Waals surface area contributed by atoms with Gasteiger partial charge in [-0.1, -0.05) is 31.4 Å². The summed E-state index contributed by atoms with van der Waals surface area (Å²) in [6.07, 6.45) is 6.58. The second-order valence-electron chi connectivity index (χ2n) is 7.36. The normalized spacial score (nSPS) is 18.1. The van der Waals surface area contributed by atoms with Crippen molar-refractivity contribution in [3.05, 3.63) is 64.7 Å². The lowest BCUT2D eigenvalue weighted by Crippen LogP contribution is -2.22. The zero-order chi connectivity index (χ0) is 19.7. The SMILES string of the molecule is Cc1cc(OC(=O)C2CCCCC2)cc2c1C(=O)/C(=C/c1ccc(F)cc1)O2. The summed E-state index contributed by atoms with van der Waals surface area (Å²) >= 11 is 0. The maximum absolute atomic E-state index is 13.1. The van der Waals surface area contributed by atoms with Crippen LogP contribution in [0.1, 0.15) is 53.6 Å². The number of ketones is 1. The molecule has 0 amide bonds. The van der Waals surface area contributed by atoms with Gasteiger partial charge in [0.2, 0.25) is 5.78 Å². The number of aryl methyl sites for hydroxylation is 1. The van der Waals surface area contributed by atoms with Gasteiger partial charge < -0.3 is 9.47 Å². The Morgan fingerprint density at radius 3 is 2.57 bits per heavy atom. The monoisotopic (exact) mass is 380 g/mol. The van der Waals surface area contributed by atoms with Crippen LogP contribution < -0.4 is 9.47 Å². The summed E-state index contributed by atoms with van der Waals surface area (Å²) in [5.74, 6) is 0.0866. The summed E-state index contributed by atoms with van der Waals surface area (Å²) in [7, 11) is 0. The predicted octanol–water partition coefficient (Wildman–Crippen LogP) is 5.24. The summed E-state index contributed by atoms with van der Waals surface area (Å²) in [5, 5.41) is 0. The molecule has 1 saturated carbocycles. The van der Waals surface area contributed by atoms with Crippen molar-refractivity contribution in [3.63, 3.8) is 0 Å². The van der Waals surface area contributed by atoms with Crippen LogP contribution in [0.5, 0.6) is 11.5 Å². The van der Waals surface area contributed by atoms with E-state index < -0.39 is 0 Å². The van der Waals surface area contributed by atoms with Crippen molar-refractivity contribution in [1.29, 1.82) is 0 Å². The van der Waals surface area contributed by atoms with Crippen LogP contribution >= 0.6 is 0 Å². The molecule has 0 saturated heterocycles. The van der Waals surface area contributed by atoms with Gasteiger partial charge in [-0.05, 0) is 55.2 Å². The zero-order valence-corrected chi connectivity index (χ0v) is 15.7. The van der Waals surface area contributed by atoms with Gasteiger partial charge in [-0.15, -0.1) is 0 Å². The van der Waals surface area contributed by atoms with E-state index in [-0.39, 0.29) is 29.2 Å². The van der Waals surface area contributed by atoms with Crippen molar-refractivity contribution in [1.82, 2.24) is 0 Å². The highest BCUT2D eigenvalue weighted by molar-refractivity contribution is 6.15. The first-order valence-electron chi connectivity index (χ1n) is 9.57. The van der Waals surface area contributed by atoms with Crippen LogP contribution in [0.25, 0.3) is 6.08 Å². The molecule has 0 unspecified atom stereocenters. The smallest absolute Gasteiger partial charge is 0.314 e. The summed E-state index contributed by atoms with van der Waals surface area (Å²) in [4.78, 5) is 25.1. The third-order valence-electron chi connectivity index (χ3n) is 5.27. The zero-order valence-electron chi connectivity index (χ0n) is 15.7. The summed E-state index contributed by atoms with van der Waals surface area (Å²) in [6, 6.07) is 9.09. The van der Waals surface area contributed by atoms with Gasteiger partial charge in [-0.25, -0.2) is 4.39 Å². The molecule has 0 N–H and O–H groups in total. The number of carbonyl (C=O) groups excluding carboxylic acids is 2. The Morgan fingerprint density at radius 1 is 1.14 bits per heavy atom. The van der Waals surface area contributed by atoms with Gasteiger partial charge in [-0.3, -0.25) is 9.59 Å². The maximum atomic E-state index is 13.1. The molecule has 0 bridgehead atoms. The molecule has 1 fully saturated rings. The molecular formula is C23H21FO4. The van der Waals surface area contributed by atoms with Crippen molar-refractivity contribution in [2.45, 2.75) is 39.0 Å². The standard InChI is InChI=1S/C23H21FO4/c1-14-11-18(27-23(26)16-5-3-2-4-6-16)13-19-21(14)22(25)20(28-19)12-15-7-9-17(24)10-8-15/h7-13,16H,2-6H2,1H3/b20-12-. The average molecular weight is 380 g/mol. The van der Waals surface area contributed by atoms with E-state index in [0.717, 1.165) is 25.7 Å². The number of carbonyl (C=O) groups is 2. The lowest BCUT2D eigenvalue weighted by atomic mass is 9.89. The van der Waals surface area contributed by atoms with Crippen LogP contribution in [-0.2, 0) is 4.79 Å². The fraction of sp³-hybridized carbons (Fsp3) is 0.304. The van der Waals surface area contributed by atoms with Crippen molar-refractivity contribution in [2.75, 3.05) is 0 Å². The fourth-order valence-electron chi connectivity index (χ4n) is 3.78. The third kappa shape index (κ3) is 3.70. The number of rotatable bonds is 3. The second-order valence-corrected chi connectivity index (χ2v) is 7.36. The summed E-state index contributed by atoms with van der Waals surface area (Å²) in [5.41, 5.74) is 1.82. The van der Waals surface area contributed by atoms with Crippen LogP contribution in [0.15, 0.2) is 42.2 Å². The second kappa shape index (κ2) is 7.58. The predicted molar refractivity (Wildman–Crippen MR) is 103 cm³/mol. The molecule has 144 valence electrons. The number of hydrogen-bond donors (Lipinski definition) is 0. The molecule has 2 aliphatic rings. The van der Waals surface area contributed by atoms with E-state index in [1.54, 1.807) is 37.3 Å². The number of Topliss-reactive ketones (excluding diaryl/α,β-unsaturated/α-hetero) is 1. The van der Waals surface area contributed by atoms with Crippen molar-refractivity contribution >= 4 is 17.8 Å². The Bertz CT molecular complexity index is 953. The average Bonchev–Trinajstić information content (AvgIpc) is 3.00. The van der Waals surface area contributed by atoms with Gasteiger partial charge in [0, 0.05) is 6.07 Å². The van der Waals surface area contributed by atoms with Gasteiger partial charge >= 0.3 is 5.97 Å². The van der Waals surface area contributed by atoms with Gasteiger partial charge in [0.25, 0.3) is 0 Å². The van der Waals surface area contributed by atoms with E-state index in [9.17, 15) is 14.0 Å². The van der Waals surface area contributed by atoms with E-state index in [0.29, 0.717) is 28.2 Å². The minimum absolute atomic E-state index is 0.0567. The molecule has 0 radical (unpaired) electrons. The molecule has 0 aromatic heterocycles. The van der Waals surface area contributed by atoms with Crippen LogP contribution in [0, 0.1) is 18.7 Å². The first kappa shape index (κ1) is 18.4. The number of hydrogen-bond acceptors (Lipinski definition) is 4. The summed E-state index contributed by atoms with van der Waals surface area (Å²) < 4.78 is 24.4. The van der Waals surface area contributed by atoms with Gasteiger partial charge in [-0.2, -0.15) is 0 Å². The lowest BCUT2D eigenvalue weighted by molar-refractivity contribution is -0.139. The largest absolute Gasteiger partial charge is 0.452 e. The van der Waals surface area contributed by atoms with Gasteiger partial charge in [0.1, 0.15) is 17.3 Å². The summed E-state index contributed by atoms with van der Waals surface area (Å²) in [6.45, 7) is 1.79. The molecule has 1 heterocycles. The number of esters is 1. The molecular weight excluding hydrogens is 359 g/mol. The fourth-order valence-corrected chi connectivity index (χ4v) is 3.78. The Morgan fingerprint density at radius 2 is 1.86 bits per heavy atom. The number of allylic oxidation sites excluding steroid dienone is 1. The Balaban J connectivity index is 1.55. The maximum Gasteiger partial charge on any atom is 0.314 e. The third-order valence-corrected chi connectivity index (χ3v) is 5.27. The molecule has 2 aromatic rings. The molecule has 2 aromatic carbocycles. The minimum atomic E-state index is -0.343. The number of benzene rings is 2. The van der Waals surface area contributed by atoms with Crippen molar-refractivity contribution in [2.24, 2.45) is 5.92 Å². The molecule has 28 heavy (non-hydrogen) atoms. The Kier molecular flexibility index (Phi) is 4.99. The van der Waals surface area contributed by atoms with Crippen LogP contribution in [-0.4, -0.2) is 11.8 Å². The van der Waals surface area contributed by atoms with E-state index >= 15 is 0 Å². The lowest BCUT2D eigenvalue weighted by Gasteiger charge is -2.20. The number of fused-ring (bicyclic) bond motifs is 1.